The van der Waals surface area contributed by atoms with Gasteiger partial charge in [0.15, 0.2) is 0 Å². The molecule has 0 amide bonds. The Morgan fingerprint density at radius 1 is 1.17 bits per heavy atom. The zero-order valence-electron chi connectivity index (χ0n) is 8.12. The van der Waals surface area contributed by atoms with Crippen LogP contribution >= 0.6 is 7.94 Å². The molecule has 0 aliphatic rings. The molecule has 0 fully saturated rings. The fourth-order valence-corrected chi connectivity index (χ4v) is 1.53. The van der Waals surface area contributed by atoms with Crippen LogP contribution in [0, 0.1) is 5.41 Å². The zero-order valence-corrected chi connectivity index (χ0v) is 9.01. The Morgan fingerprint density at radius 2 is 1.67 bits per heavy atom. The van der Waals surface area contributed by atoms with Gasteiger partial charge in [-0.1, -0.05) is 27.2 Å². The highest BCUT2D eigenvalue weighted by atomic mass is 31.2. The summed E-state index contributed by atoms with van der Waals surface area (Å²) in [6, 6.07) is 0. The third-order valence-corrected chi connectivity index (χ3v) is 3.19. The highest BCUT2D eigenvalue weighted by Crippen LogP contribution is 2.46. The molecule has 4 heteroatoms. The second-order valence-electron chi connectivity index (χ2n) is 4.04. The average Bonchev–Trinajstić information content (AvgIpc) is 1.84. The maximum atomic E-state index is 8.71. The third-order valence-electron chi connectivity index (χ3n) is 2.27. The molecule has 0 saturated carbocycles. The molecule has 3 N–H and O–H groups in total. The largest absolute Gasteiger partial charge is 0.403 e. The molecule has 0 saturated heterocycles. The zero-order chi connectivity index (χ0) is 9.83. The summed E-state index contributed by atoms with van der Waals surface area (Å²) in [5.74, 6) is 0. The monoisotopic (exact) mass is 195 g/mol. The van der Waals surface area contributed by atoms with Crippen molar-refractivity contribution in [2.75, 3.05) is 6.16 Å². The van der Waals surface area contributed by atoms with Gasteiger partial charge in [-0.15, -0.1) is 0 Å². The van der Waals surface area contributed by atoms with Crippen molar-refractivity contribution in [1.29, 1.82) is 0 Å². The molecule has 74 valence electrons. The molecule has 3 nitrogen and oxygen atoms in total. The van der Waals surface area contributed by atoms with Crippen molar-refractivity contribution in [3.05, 3.63) is 0 Å². The van der Waals surface area contributed by atoms with Crippen molar-refractivity contribution in [3.8, 4) is 0 Å². The molecule has 0 rings (SSSR count). The van der Waals surface area contributed by atoms with Gasteiger partial charge in [0.05, 0.1) is 0 Å². The quantitative estimate of drug-likeness (QED) is 0.587. The Morgan fingerprint density at radius 3 is 2.00 bits per heavy atom. The van der Waals surface area contributed by atoms with E-state index in [9.17, 15) is 0 Å². The Kier molecular flexibility index (Phi) is 4.64. The van der Waals surface area contributed by atoms with E-state index in [2.05, 4.69) is 20.8 Å². The summed E-state index contributed by atoms with van der Waals surface area (Å²) in [6.45, 7) is 6.39. The minimum absolute atomic E-state index is 0.135. The maximum absolute atomic E-state index is 8.71. The molecule has 0 aliphatic carbocycles. The minimum Gasteiger partial charge on any atom is -0.193 e. The minimum atomic E-state index is -3.51. The van der Waals surface area contributed by atoms with Crippen LogP contribution < -0.4 is 0 Å². The highest BCUT2D eigenvalue weighted by molar-refractivity contribution is 7.58. The van der Waals surface area contributed by atoms with E-state index in [-0.39, 0.29) is 11.6 Å². The predicted molar refractivity (Wildman–Crippen MR) is 51.7 cm³/mol. The van der Waals surface area contributed by atoms with Gasteiger partial charge in [-0.05, 0) is 18.3 Å². The molecule has 0 heterocycles. The normalized spacial score (nSPS) is 13.5. The summed E-state index contributed by atoms with van der Waals surface area (Å²) in [7, 11) is -3.51. The number of rotatable bonds is 5. The highest BCUT2D eigenvalue weighted by Gasteiger charge is 2.29. The van der Waals surface area contributed by atoms with Crippen LogP contribution in [0.25, 0.3) is 0 Å². The van der Waals surface area contributed by atoms with Gasteiger partial charge in [0, 0.05) is 0 Å². The van der Waals surface area contributed by atoms with Crippen LogP contribution in [0.1, 0.15) is 40.0 Å². The SMILES string of the molecule is CCC(C)(C)CCC[P+](O)(O)O. The molecular formula is C8H20O3P+. The van der Waals surface area contributed by atoms with Crippen LogP contribution in [0.2, 0.25) is 0 Å². The predicted octanol–water partition coefficient (Wildman–Crippen LogP) is 1.94. The molecule has 0 spiro atoms. The standard InChI is InChI=1S/C8H20O3P/c1-4-8(2,3)6-5-7-12(9,10)11/h9-11H,4-7H2,1-3H3/q+1. The molecule has 0 radical (unpaired) electrons. The van der Waals surface area contributed by atoms with E-state index >= 15 is 0 Å². The first-order valence-electron chi connectivity index (χ1n) is 4.33. The van der Waals surface area contributed by atoms with E-state index in [1.54, 1.807) is 0 Å². The van der Waals surface area contributed by atoms with Crippen molar-refractivity contribution in [2.24, 2.45) is 5.41 Å². The topological polar surface area (TPSA) is 60.7 Å². The van der Waals surface area contributed by atoms with Crippen LogP contribution in [-0.4, -0.2) is 20.8 Å². The second kappa shape index (κ2) is 4.52. The molecular weight excluding hydrogens is 175 g/mol. The van der Waals surface area contributed by atoms with Gasteiger partial charge in [-0.25, -0.2) is 0 Å². The molecule has 0 unspecified atom stereocenters. The Hall–Kier alpha value is 0.310. The van der Waals surface area contributed by atoms with E-state index < -0.39 is 7.94 Å². The van der Waals surface area contributed by atoms with Crippen molar-refractivity contribution < 1.29 is 14.7 Å². The van der Waals surface area contributed by atoms with Gasteiger partial charge in [0.25, 0.3) is 0 Å². The van der Waals surface area contributed by atoms with Crippen molar-refractivity contribution >= 4 is 7.94 Å². The van der Waals surface area contributed by atoms with E-state index in [1.165, 1.54) is 0 Å². The lowest BCUT2D eigenvalue weighted by molar-refractivity contribution is 0.301. The summed E-state index contributed by atoms with van der Waals surface area (Å²) in [5, 5.41) is 0. The lowest BCUT2D eigenvalue weighted by atomic mass is 9.86. The fourth-order valence-electron chi connectivity index (χ4n) is 0.947. The Labute approximate surface area is 75.0 Å². The fraction of sp³-hybridized carbons (Fsp3) is 1.00. The summed E-state index contributed by atoms with van der Waals surface area (Å²) >= 11 is 0. The van der Waals surface area contributed by atoms with E-state index in [4.69, 9.17) is 14.7 Å². The van der Waals surface area contributed by atoms with Gasteiger partial charge in [0.2, 0.25) is 0 Å². The van der Waals surface area contributed by atoms with Crippen molar-refractivity contribution in [1.82, 2.24) is 0 Å². The summed E-state index contributed by atoms with van der Waals surface area (Å²) < 4.78 is 0. The van der Waals surface area contributed by atoms with Gasteiger partial charge >= 0.3 is 7.94 Å². The average molecular weight is 195 g/mol. The molecule has 0 bridgehead atoms. The first kappa shape index (κ1) is 12.3. The van der Waals surface area contributed by atoms with Crippen LogP contribution in [0.5, 0.6) is 0 Å². The van der Waals surface area contributed by atoms with Gasteiger partial charge < -0.3 is 0 Å². The van der Waals surface area contributed by atoms with E-state index in [1.807, 2.05) is 0 Å². The molecule has 12 heavy (non-hydrogen) atoms. The van der Waals surface area contributed by atoms with Crippen molar-refractivity contribution in [3.63, 3.8) is 0 Å². The van der Waals surface area contributed by atoms with Crippen LogP contribution in [0.4, 0.5) is 0 Å². The number of hydrogen-bond acceptors (Lipinski definition) is 3. The summed E-state index contributed by atoms with van der Waals surface area (Å²) in [4.78, 5) is 26.1. The second-order valence-corrected chi connectivity index (χ2v) is 5.87. The molecule has 0 aromatic heterocycles. The summed E-state index contributed by atoms with van der Waals surface area (Å²) in [6.07, 6.45) is 2.81. The van der Waals surface area contributed by atoms with Gasteiger partial charge in [-0.2, -0.15) is 14.7 Å². The molecule has 0 aromatic carbocycles. The lowest BCUT2D eigenvalue weighted by Gasteiger charge is -2.21. The van der Waals surface area contributed by atoms with E-state index in [0.29, 0.717) is 6.42 Å². The lowest BCUT2D eigenvalue weighted by Crippen LogP contribution is -2.10. The maximum Gasteiger partial charge on any atom is 0.403 e. The van der Waals surface area contributed by atoms with Crippen molar-refractivity contribution in [2.45, 2.75) is 40.0 Å². The third kappa shape index (κ3) is 6.99. The van der Waals surface area contributed by atoms with Gasteiger partial charge in [-0.3, -0.25) is 0 Å². The Bertz CT molecular complexity index is 129. The Balaban J connectivity index is 3.57. The summed E-state index contributed by atoms with van der Waals surface area (Å²) in [5.41, 5.74) is 0.245. The van der Waals surface area contributed by atoms with Crippen LogP contribution in [-0.2, 0) is 0 Å². The van der Waals surface area contributed by atoms with Gasteiger partial charge in [0.1, 0.15) is 6.16 Å². The first-order chi connectivity index (χ1) is 5.27. The van der Waals surface area contributed by atoms with Crippen LogP contribution in [0.15, 0.2) is 0 Å². The smallest absolute Gasteiger partial charge is 0.193 e. The van der Waals surface area contributed by atoms with Crippen LogP contribution in [0.3, 0.4) is 0 Å². The number of hydrogen-bond donors (Lipinski definition) is 3. The molecule has 0 aromatic rings. The molecule has 0 atom stereocenters. The molecule has 0 aliphatic heterocycles. The first-order valence-corrected chi connectivity index (χ1v) is 6.16. The van der Waals surface area contributed by atoms with E-state index in [0.717, 1.165) is 12.8 Å².